The molecule has 0 saturated carbocycles. The molecule has 5 nitrogen and oxygen atoms in total. The van der Waals surface area contributed by atoms with Crippen molar-refractivity contribution in [2.75, 3.05) is 6.54 Å². The first-order valence-electron chi connectivity index (χ1n) is 7.24. The van der Waals surface area contributed by atoms with Gasteiger partial charge in [-0.1, -0.05) is 6.07 Å². The Morgan fingerprint density at radius 2 is 2.13 bits per heavy atom. The standard InChI is InChI=1S/C17H16FN3O2/c18-11-4-5-14-13(7-11)16(22)8-12(21-14)9-19-10-17(23)15-3-1-2-6-20-15/h1-8,17,19,23H,9-10H2,(H,21,22)/t17-/m0/s1. The van der Waals surface area contributed by atoms with E-state index in [4.69, 9.17) is 0 Å². The highest BCUT2D eigenvalue weighted by Gasteiger charge is 2.08. The number of fused-ring (bicyclic) bond motifs is 1. The summed E-state index contributed by atoms with van der Waals surface area (Å²) in [6, 6.07) is 10.8. The summed E-state index contributed by atoms with van der Waals surface area (Å²) in [7, 11) is 0. The number of rotatable bonds is 5. The van der Waals surface area contributed by atoms with Crippen LogP contribution in [0, 0.1) is 5.82 Å². The summed E-state index contributed by atoms with van der Waals surface area (Å²) in [6.07, 6.45) is 0.899. The van der Waals surface area contributed by atoms with Crippen LogP contribution >= 0.6 is 0 Å². The topological polar surface area (TPSA) is 78.0 Å². The van der Waals surface area contributed by atoms with E-state index < -0.39 is 11.9 Å². The zero-order valence-electron chi connectivity index (χ0n) is 12.3. The van der Waals surface area contributed by atoms with Crippen molar-refractivity contribution in [2.45, 2.75) is 12.6 Å². The van der Waals surface area contributed by atoms with Crippen LogP contribution in [0.1, 0.15) is 17.5 Å². The van der Waals surface area contributed by atoms with Crippen molar-refractivity contribution in [3.63, 3.8) is 0 Å². The fourth-order valence-electron chi connectivity index (χ4n) is 2.39. The lowest BCUT2D eigenvalue weighted by atomic mass is 10.2. The van der Waals surface area contributed by atoms with E-state index in [-0.39, 0.29) is 5.43 Å². The molecule has 0 amide bonds. The highest BCUT2D eigenvalue weighted by molar-refractivity contribution is 5.78. The van der Waals surface area contributed by atoms with E-state index in [9.17, 15) is 14.3 Å². The molecule has 3 rings (SSSR count). The Morgan fingerprint density at radius 1 is 1.26 bits per heavy atom. The van der Waals surface area contributed by atoms with Gasteiger partial charge in [0.15, 0.2) is 5.43 Å². The van der Waals surface area contributed by atoms with Crippen molar-refractivity contribution in [1.82, 2.24) is 15.3 Å². The van der Waals surface area contributed by atoms with Gasteiger partial charge in [0.05, 0.1) is 5.69 Å². The molecule has 0 radical (unpaired) electrons. The second-order valence-corrected chi connectivity index (χ2v) is 5.25. The average molecular weight is 313 g/mol. The molecule has 1 aromatic carbocycles. The summed E-state index contributed by atoms with van der Waals surface area (Å²) in [5, 5.41) is 13.4. The molecule has 118 valence electrons. The number of nitrogens with one attached hydrogen (secondary N) is 2. The van der Waals surface area contributed by atoms with Crippen LogP contribution < -0.4 is 10.7 Å². The van der Waals surface area contributed by atoms with Gasteiger partial charge < -0.3 is 15.4 Å². The van der Waals surface area contributed by atoms with E-state index in [0.717, 1.165) is 0 Å². The summed E-state index contributed by atoms with van der Waals surface area (Å²) >= 11 is 0. The molecule has 2 heterocycles. The number of H-pyrrole nitrogens is 1. The van der Waals surface area contributed by atoms with Gasteiger partial charge in [-0.3, -0.25) is 9.78 Å². The number of hydrogen-bond acceptors (Lipinski definition) is 4. The predicted octanol–water partition coefficient (Wildman–Crippen LogP) is 1.89. The van der Waals surface area contributed by atoms with Crippen molar-refractivity contribution in [3.8, 4) is 0 Å². The van der Waals surface area contributed by atoms with Crippen LogP contribution in [-0.4, -0.2) is 21.6 Å². The smallest absolute Gasteiger partial charge is 0.189 e. The Hall–Kier alpha value is -2.57. The summed E-state index contributed by atoms with van der Waals surface area (Å²) in [5.74, 6) is -0.438. The Kier molecular flexibility index (Phi) is 4.45. The molecule has 0 fully saturated rings. The van der Waals surface area contributed by atoms with Crippen molar-refractivity contribution in [3.05, 3.63) is 76.1 Å². The average Bonchev–Trinajstić information content (AvgIpc) is 2.56. The van der Waals surface area contributed by atoms with E-state index in [0.29, 0.717) is 35.4 Å². The van der Waals surface area contributed by atoms with E-state index in [1.165, 1.54) is 24.3 Å². The molecular weight excluding hydrogens is 297 g/mol. The van der Waals surface area contributed by atoms with E-state index in [2.05, 4.69) is 15.3 Å². The second-order valence-electron chi connectivity index (χ2n) is 5.25. The van der Waals surface area contributed by atoms with E-state index in [1.54, 1.807) is 18.3 Å². The number of halogens is 1. The molecule has 0 aliphatic carbocycles. The summed E-state index contributed by atoms with van der Waals surface area (Å²) < 4.78 is 13.2. The molecule has 0 aliphatic heterocycles. The molecule has 3 N–H and O–H groups in total. The highest BCUT2D eigenvalue weighted by Crippen LogP contribution is 2.11. The number of nitrogens with zero attached hydrogens (tertiary/aromatic N) is 1. The van der Waals surface area contributed by atoms with Crippen LogP contribution in [0.4, 0.5) is 4.39 Å². The Bertz CT molecular complexity index is 865. The maximum Gasteiger partial charge on any atom is 0.189 e. The molecule has 23 heavy (non-hydrogen) atoms. The number of benzene rings is 1. The molecule has 0 unspecified atom stereocenters. The molecular formula is C17H16FN3O2. The van der Waals surface area contributed by atoms with Gasteiger partial charge in [-0.2, -0.15) is 0 Å². The maximum absolute atomic E-state index is 13.2. The van der Waals surface area contributed by atoms with Crippen LogP contribution in [0.15, 0.2) is 53.5 Å². The number of aliphatic hydroxyl groups is 1. The molecule has 2 aromatic heterocycles. The molecule has 0 saturated heterocycles. The molecule has 0 spiro atoms. The van der Waals surface area contributed by atoms with Crippen LogP contribution in [0.2, 0.25) is 0 Å². The lowest BCUT2D eigenvalue weighted by Crippen LogP contribution is -2.23. The summed E-state index contributed by atoms with van der Waals surface area (Å²) in [5.41, 5.74) is 1.60. The van der Waals surface area contributed by atoms with Crippen LogP contribution in [0.25, 0.3) is 10.9 Å². The lowest BCUT2D eigenvalue weighted by molar-refractivity contribution is 0.169. The second kappa shape index (κ2) is 6.68. The minimum atomic E-state index is -0.725. The first kappa shape index (κ1) is 15.3. The normalized spacial score (nSPS) is 12.4. The zero-order chi connectivity index (χ0) is 16.2. The summed E-state index contributed by atoms with van der Waals surface area (Å²) in [6.45, 7) is 0.687. The van der Waals surface area contributed by atoms with Crippen LogP contribution in [-0.2, 0) is 6.54 Å². The van der Waals surface area contributed by atoms with Crippen molar-refractivity contribution >= 4 is 10.9 Å². The zero-order valence-corrected chi connectivity index (χ0v) is 12.3. The fourth-order valence-corrected chi connectivity index (χ4v) is 2.39. The molecule has 3 aromatic rings. The third-order valence-corrected chi connectivity index (χ3v) is 3.53. The number of pyridine rings is 2. The Balaban J connectivity index is 1.68. The number of hydrogen-bond donors (Lipinski definition) is 3. The minimum Gasteiger partial charge on any atom is -0.385 e. The first-order chi connectivity index (χ1) is 11.1. The third kappa shape index (κ3) is 3.61. The third-order valence-electron chi connectivity index (χ3n) is 3.53. The van der Waals surface area contributed by atoms with Crippen molar-refractivity contribution in [1.29, 1.82) is 0 Å². The van der Waals surface area contributed by atoms with Gasteiger partial charge in [0.1, 0.15) is 11.9 Å². The highest BCUT2D eigenvalue weighted by atomic mass is 19.1. The largest absolute Gasteiger partial charge is 0.385 e. The van der Waals surface area contributed by atoms with Crippen molar-refractivity contribution in [2.24, 2.45) is 0 Å². The SMILES string of the molecule is O=c1cc(CNC[C@H](O)c2ccccn2)[nH]c2ccc(F)cc12. The quantitative estimate of drug-likeness (QED) is 0.672. The van der Waals surface area contributed by atoms with Gasteiger partial charge in [0.2, 0.25) is 0 Å². The van der Waals surface area contributed by atoms with Crippen molar-refractivity contribution < 1.29 is 9.50 Å². The Morgan fingerprint density at radius 3 is 2.91 bits per heavy atom. The number of aliphatic hydroxyl groups excluding tert-OH is 1. The van der Waals surface area contributed by atoms with Gasteiger partial charge in [-0.05, 0) is 30.3 Å². The van der Waals surface area contributed by atoms with Gasteiger partial charge in [-0.15, -0.1) is 0 Å². The lowest BCUT2D eigenvalue weighted by Gasteiger charge is -2.11. The van der Waals surface area contributed by atoms with Gasteiger partial charge in [-0.25, -0.2) is 4.39 Å². The Labute approximate surface area is 131 Å². The summed E-state index contributed by atoms with van der Waals surface area (Å²) in [4.78, 5) is 19.2. The first-order valence-corrected chi connectivity index (χ1v) is 7.24. The van der Waals surface area contributed by atoms with E-state index in [1.807, 2.05) is 6.07 Å². The molecule has 1 atom stereocenters. The molecule has 0 aliphatic rings. The molecule has 6 heteroatoms. The monoisotopic (exact) mass is 313 g/mol. The van der Waals surface area contributed by atoms with Crippen LogP contribution in [0.3, 0.4) is 0 Å². The maximum atomic E-state index is 13.2. The number of aromatic amines is 1. The van der Waals surface area contributed by atoms with Gasteiger partial charge in [0, 0.05) is 41.9 Å². The molecule has 0 bridgehead atoms. The predicted molar refractivity (Wildman–Crippen MR) is 85.4 cm³/mol. The van der Waals surface area contributed by atoms with Crippen LogP contribution in [0.5, 0.6) is 0 Å². The number of aromatic nitrogens is 2. The van der Waals surface area contributed by atoms with E-state index >= 15 is 0 Å². The minimum absolute atomic E-state index is 0.236. The van der Waals surface area contributed by atoms with Gasteiger partial charge in [0.25, 0.3) is 0 Å². The van der Waals surface area contributed by atoms with Gasteiger partial charge >= 0.3 is 0 Å². The fraction of sp³-hybridized carbons (Fsp3) is 0.176.